The quantitative estimate of drug-likeness (QED) is 0.723. The third kappa shape index (κ3) is 3.60. The van der Waals surface area contributed by atoms with Gasteiger partial charge in [-0.25, -0.2) is 9.18 Å². The molecule has 5 heteroatoms. The highest BCUT2D eigenvalue weighted by Crippen LogP contribution is 2.23. The summed E-state index contributed by atoms with van der Waals surface area (Å²) in [6.07, 6.45) is 0. The molecule has 130 valence electrons. The zero-order valence-electron chi connectivity index (χ0n) is 14.5. The van der Waals surface area contributed by atoms with Gasteiger partial charge in [0.2, 0.25) is 0 Å². The maximum Gasteiger partial charge on any atom is 0.336 e. The largest absolute Gasteiger partial charge is 0.422 e. The Hall–Kier alpha value is -2.17. The van der Waals surface area contributed by atoms with E-state index in [-0.39, 0.29) is 11.4 Å². The van der Waals surface area contributed by atoms with Gasteiger partial charge < -0.3 is 9.32 Å². The third-order valence-corrected chi connectivity index (χ3v) is 4.90. The maximum atomic E-state index is 14.0. The van der Waals surface area contributed by atoms with Crippen LogP contribution in [0, 0.1) is 19.7 Å². The standard InChI is InChI=1S/C20H19ClFNO2/c1-12-7-8-15-14(9-19(24)25-20(15)13(12)2)10-23(3)11-16-17(21)5-4-6-18(16)22/h4-9H,10-11H2,1-3H3/p+1. The van der Waals surface area contributed by atoms with E-state index >= 15 is 0 Å². The Balaban J connectivity index is 1.95. The number of nitrogens with one attached hydrogen (secondary N) is 1. The fourth-order valence-corrected chi connectivity index (χ4v) is 3.29. The molecule has 0 radical (unpaired) electrons. The van der Waals surface area contributed by atoms with Crippen molar-refractivity contribution in [2.75, 3.05) is 7.05 Å². The van der Waals surface area contributed by atoms with Crippen molar-refractivity contribution in [1.29, 1.82) is 0 Å². The minimum Gasteiger partial charge on any atom is -0.422 e. The van der Waals surface area contributed by atoms with Crippen molar-refractivity contribution in [2.24, 2.45) is 0 Å². The Morgan fingerprint density at radius 2 is 1.92 bits per heavy atom. The van der Waals surface area contributed by atoms with E-state index in [1.807, 2.05) is 33.0 Å². The van der Waals surface area contributed by atoms with Gasteiger partial charge in [0.25, 0.3) is 0 Å². The van der Waals surface area contributed by atoms with E-state index in [0.29, 0.717) is 29.3 Å². The molecule has 0 bridgehead atoms. The molecule has 0 saturated heterocycles. The summed E-state index contributed by atoms with van der Waals surface area (Å²) in [5, 5.41) is 1.34. The van der Waals surface area contributed by atoms with Gasteiger partial charge in [-0.2, -0.15) is 0 Å². The molecule has 1 unspecified atom stereocenters. The number of quaternary nitrogens is 1. The van der Waals surface area contributed by atoms with Crippen LogP contribution in [0.2, 0.25) is 5.02 Å². The number of halogens is 2. The summed E-state index contributed by atoms with van der Waals surface area (Å²) in [5.41, 5.74) is 3.67. The summed E-state index contributed by atoms with van der Waals surface area (Å²) in [4.78, 5) is 13.0. The molecule has 0 fully saturated rings. The first-order valence-corrected chi connectivity index (χ1v) is 8.51. The van der Waals surface area contributed by atoms with Crippen LogP contribution in [0.4, 0.5) is 4.39 Å². The van der Waals surface area contributed by atoms with Gasteiger partial charge >= 0.3 is 5.63 Å². The molecule has 0 saturated carbocycles. The summed E-state index contributed by atoms with van der Waals surface area (Å²) in [5.74, 6) is -0.309. The number of fused-ring (bicyclic) bond motifs is 1. The molecule has 0 spiro atoms. The summed E-state index contributed by atoms with van der Waals surface area (Å²) >= 11 is 6.12. The summed E-state index contributed by atoms with van der Waals surface area (Å²) < 4.78 is 19.4. The average molecular weight is 361 g/mol. The highest BCUT2D eigenvalue weighted by molar-refractivity contribution is 6.31. The summed E-state index contributed by atoms with van der Waals surface area (Å²) in [6, 6.07) is 10.2. The van der Waals surface area contributed by atoms with Crippen LogP contribution in [0.1, 0.15) is 22.3 Å². The van der Waals surface area contributed by atoms with Crippen molar-refractivity contribution >= 4 is 22.6 Å². The number of hydrogen-bond acceptors (Lipinski definition) is 2. The van der Waals surface area contributed by atoms with E-state index < -0.39 is 0 Å². The van der Waals surface area contributed by atoms with Crippen LogP contribution >= 0.6 is 11.6 Å². The Kier molecular flexibility index (Phi) is 4.93. The Labute approximate surface area is 150 Å². The molecular formula is C20H20ClFNO2+. The molecule has 0 amide bonds. The predicted molar refractivity (Wildman–Crippen MR) is 97.7 cm³/mol. The molecule has 0 aliphatic carbocycles. The molecule has 3 aromatic rings. The Bertz CT molecular complexity index is 977. The van der Waals surface area contributed by atoms with Crippen LogP contribution in [0.5, 0.6) is 0 Å². The molecular weight excluding hydrogens is 341 g/mol. The molecule has 1 atom stereocenters. The molecule has 1 aromatic heterocycles. The number of hydrogen-bond donors (Lipinski definition) is 1. The van der Waals surface area contributed by atoms with E-state index in [0.717, 1.165) is 27.0 Å². The Morgan fingerprint density at radius 1 is 1.16 bits per heavy atom. The molecule has 2 aromatic carbocycles. The van der Waals surface area contributed by atoms with E-state index in [2.05, 4.69) is 0 Å². The lowest BCUT2D eigenvalue weighted by atomic mass is 10.0. The fourth-order valence-electron chi connectivity index (χ4n) is 3.06. The van der Waals surface area contributed by atoms with Gasteiger partial charge in [0.1, 0.15) is 24.5 Å². The smallest absolute Gasteiger partial charge is 0.336 e. The first-order valence-electron chi connectivity index (χ1n) is 8.14. The van der Waals surface area contributed by atoms with E-state index in [1.165, 1.54) is 12.1 Å². The van der Waals surface area contributed by atoms with Gasteiger partial charge in [0, 0.05) is 17.0 Å². The van der Waals surface area contributed by atoms with Crippen LogP contribution in [0.15, 0.2) is 45.6 Å². The van der Waals surface area contributed by atoms with Crippen molar-refractivity contribution < 1.29 is 13.7 Å². The predicted octanol–water partition coefficient (Wildman–Crippen LogP) is 3.42. The monoisotopic (exact) mass is 360 g/mol. The molecule has 0 aliphatic rings. The minimum absolute atomic E-state index is 0.309. The lowest BCUT2D eigenvalue weighted by molar-refractivity contribution is -0.907. The zero-order chi connectivity index (χ0) is 18.1. The van der Waals surface area contributed by atoms with Crippen LogP contribution in [-0.4, -0.2) is 7.05 Å². The van der Waals surface area contributed by atoms with Gasteiger partial charge in [-0.3, -0.25) is 0 Å². The highest BCUT2D eigenvalue weighted by atomic mass is 35.5. The van der Waals surface area contributed by atoms with Crippen molar-refractivity contribution in [3.8, 4) is 0 Å². The van der Waals surface area contributed by atoms with Gasteiger partial charge in [0.05, 0.1) is 17.6 Å². The average Bonchev–Trinajstić information content (AvgIpc) is 2.55. The second kappa shape index (κ2) is 6.98. The molecule has 25 heavy (non-hydrogen) atoms. The first-order chi connectivity index (χ1) is 11.9. The van der Waals surface area contributed by atoms with Gasteiger partial charge in [0.15, 0.2) is 0 Å². The van der Waals surface area contributed by atoms with Crippen molar-refractivity contribution in [1.82, 2.24) is 0 Å². The lowest BCUT2D eigenvalue weighted by Crippen LogP contribution is -3.06. The number of aryl methyl sites for hydroxylation is 2. The van der Waals surface area contributed by atoms with Crippen molar-refractivity contribution in [3.63, 3.8) is 0 Å². The highest BCUT2D eigenvalue weighted by Gasteiger charge is 2.16. The minimum atomic E-state index is -0.368. The van der Waals surface area contributed by atoms with E-state index in [4.69, 9.17) is 16.0 Å². The zero-order valence-corrected chi connectivity index (χ0v) is 15.2. The van der Waals surface area contributed by atoms with E-state index in [1.54, 1.807) is 12.1 Å². The topological polar surface area (TPSA) is 34.7 Å². The lowest BCUT2D eigenvalue weighted by Gasteiger charge is -2.17. The van der Waals surface area contributed by atoms with Gasteiger partial charge in [-0.05, 0) is 37.1 Å². The molecule has 3 nitrogen and oxygen atoms in total. The Morgan fingerprint density at radius 3 is 2.64 bits per heavy atom. The van der Waals surface area contributed by atoms with Crippen LogP contribution in [0.25, 0.3) is 11.0 Å². The maximum absolute atomic E-state index is 14.0. The normalized spacial score (nSPS) is 12.5. The van der Waals surface area contributed by atoms with Gasteiger partial charge in [-0.1, -0.05) is 29.8 Å². The second-order valence-electron chi connectivity index (χ2n) is 6.49. The van der Waals surface area contributed by atoms with Crippen molar-refractivity contribution in [3.05, 3.63) is 79.9 Å². The number of rotatable bonds is 4. The molecule has 1 heterocycles. The molecule has 0 aliphatic heterocycles. The van der Waals surface area contributed by atoms with Crippen molar-refractivity contribution in [2.45, 2.75) is 26.9 Å². The van der Waals surface area contributed by atoms with Crippen LogP contribution in [0.3, 0.4) is 0 Å². The van der Waals surface area contributed by atoms with Gasteiger partial charge in [-0.15, -0.1) is 0 Å². The molecule has 1 N–H and O–H groups in total. The SMILES string of the molecule is Cc1ccc2c(C[NH+](C)Cc3c(F)cccc3Cl)cc(=O)oc2c1C. The number of benzene rings is 2. The molecule has 3 rings (SSSR count). The summed E-state index contributed by atoms with van der Waals surface area (Å²) in [7, 11) is 1.95. The van der Waals surface area contributed by atoms with Crippen LogP contribution < -0.4 is 10.5 Å². The first kappa shape index (κ1) is 17.6. The third-order valence-electron chi connectivity index (χ3n) is 4.55. The van der Waals surface area contributed by atoms with Crippen LogP contribution in [-0.2, 0) is 13.1 Å². The second-order valence-corrected chi connectivity index (χ2v) is 6.89. The fraction of sp³-hybridized carbons (Fsp3) is 0.250. The summed E-state index contributed by atoms with van der Waals surface area (Å²) in [6.45, 7) is 4.92. The van der Waals surface area contributed by atoms with E-state index in [9.17, 15) is 9.18 Å².